The molecule has 0 amide bonds. The van der Waals surface area contributed by atoms with Crippen LogP contribution in [0.4, 0.5) is 0 Å². The van der Waals surface area contributed by atoms with Gasteiger partial charge in [0.05, 0.1) is 0 Å². The summed E-state index contributed by atoms with van der Waals surface area (Å²) in [7, 11) is 0. The molecule has 0 atom stereocenters. The summed E-state index contributed by atoms with van der Waals surface area (Å²) in [6.07, 6.45) is 0. The predicted octanol–water partition coefficient (Wildman–Crippen LogP) is 2.86. The summed E-state index contributed by atoms with van der Waals surface area (Å²) in [6.45, 7) is 0. The highest BCUT2D eigenvalue weighted by atomic mass is 16.3. The summed E-state index contributed by atoms with van der Waals surface area (Å²) in [5.74, 6) is 0.297. The van der Waals surface area contributed by atoms with Gasteiger partial charge in [-0.2, -0.15) is 0 Å². The topological polar surface area (TPSA) is 20.2 Å². The lowest BCUT2D eigenvalue weighted by Gasteiger charge is -2.00. The fourth-order valence-corrected chi connectivity index (χ4v) is 1.23. The number of phenols is 1. The zero-order valence-corrected chi connectivity index (χ0v) is 7.07. The highest BCUT2D eigenvalue weighted by Gasteiger charge is 1.94. The number of hydrogen-bond donors (Lipinski definition) is 1. The SMILES string of the molecule is Oc1ccc(-c2cc[c]cc2)cc1. The van der Waals surface area contributed by atoms with Crippen molar-refractivity contribution in [3.8, 4) is 16.9 Å². The van der Waals surface area contributed by atoms with Crippen LogP contribution in [0.1, 0.15) is 0 Å². The Bertz CT molecular complexity index is 376. The number of rotatable bonds is 1. The van der Waals surface area contributed by atoms with Crippen LogP contribution < -0.4 is 0 Å². The summed E-state index contributed by atoms with van der Waals surface area (Å²) in [5, 5.41) is 9.10. The maximum absolute atomic E-state index is 9.10. The second kappa shape index (κ2) is 3.31. The second-order valence-corrected chi connectivity index (χ2v) is 2.84. The van der Waals surface area contributed by atoms with Crippen molar-refractivity contribution < 1.29 is 5.11 Å². The minimum atomic E-state index is 0.297. The van der Waals surface area contributed by atoms with Crippen molar-refractivity contribution in [2.24, 2.45) is 0 Å². The maximum atomic E-state index is 9.10. The summed E-state index contributed by atoms with van der Waals surface area (Å²) in [5.41, 5.74) is 2.24. The van der Waals surface area contributed by atoms with Gasteiger partial charge in [0.1, 0.15) is 5.75 Å². The molecule has 0 aliphatic carbocycles. The quantitative estimate of drug-likeness (QED) is 0.696. The normalized spacial score (nSPS) is 9.85. The van der Waals surface area contributed by atoms with E-state index in [9.17, 15) is 0 Å². The molecular weight excluding hydrogens is 160 g/mol. The van der Waals surface area contributed by atoms with Crippen LogP contribution >= 0.6 is 0 Å². The highest BCUT2D eigenvalue weighted by Crippen LogP contribution is 2.20. The standard InChI is InChI=1S/C12H9O/c13-12-8-6-11(7-9-12)10-4-2-1-3-5-10/h2-9,13H. The molecule has 0 aliphatic rings. The van der Waals surface area contributed by atoms with Crippen molar-refractivity contribution in [2.45, 2.75) is 0 Å². The lowest BCUT2D eigenvalue weighted by Crippen LogP contribution is -1.75. The van der Waals surface area contributed by atoms with Crippen molar-refractivity contribution >= 4 is 0 Å². The van der Waals surface area contributed by atoms with Gasteiger partial charge in [-0.05, 0) is 29.3 Å². The number of hydrogen-bond acceptors (Lipinski definition) is 1. The predicted molar refractivity (Wildman–Crippen MR) is 52.4 cm³/mol. The van der Waals surface area contributed by atoms with E-state index < -0.39 is 0 Å². The number of aromatic hydroxyl groups is 1. The van der Waals surface area contributed by atoms with Crippen molar-refractivity contribution in [3.63, 3.8) is 0 Å². The second-order valence-electron chi connectivity index (χ2n) is 2.84. The van der Waals surface area contributed by atoms with Gasteiger partial charge in [0.25, 0.3) is 0 Å². The first kappa shape index (κ1) is 7.87. The molecule has 0 unspecified atom stereocenters. The van der Waals surface area contributed by atoms with Gasteiger partial charge >= 0.3 is 0 Å². The Hall–Kier alpha value is -1.76. The van der Waals surface area contributed by atoms with Crippen LogP contribution in [0.3, 0.4) is 0 Å². The van der Waals surface area contributed by atoms with E-state index in [1.165, 1.54) is 0 Å². The van der Waals surface area contributed by atoms with E-state index in [1.807, 2.05) is 36.4 Å². The van der Waals surface area contributed by atoms with Gasteiger partial charge < -0.3 is 5.11 Å². The van der Waals surface area contributed by atoms with Crippen LogP contribution in [0, 0.1) is 6.07 Å². The minimum Gasteiger partial charge on any atom is -0.508 e. The molecule has 1 N–H and O–H groups in total. The molecule has 0 aliphatic heterocycles. The molecule has 2 aromatic rings. The molecule has 1 heteroatoms. The molecule has 0 saturated carbocycles. The summed E-state index contributed by atoms with van der Waals surface area (Å²) < 4.78 is 0. The highest BCUT2D eigenvalue weighted by molar-refractivity contribution is 5.63. The van der Waals surface area contributed by atoms with Crippen LogP contribution in [0.2, 0.25) is 0 Å². The molecule has 2 aromatic carbocycles. The Labute approximate surface area is 77.3 Å². The fourth-order valence-electron chi connectivity index (χ4n) is 1.23. The Morgan fingerprint density at radius 2 is 1.31 bits per heavy atom. The van der Waals surface area contributed by atoms with E-state index in [4.69, 9.17) is 5.11 Å². The van der Waals surface area contributed by atoms with Gasteiger partial charge in [0.2, 0.25) is 0 Å². The number of phenolic OH excluding ortho intramolecular Hbond substituents is 1. The van der Waals surface area contributed by atoms with Crippen molar-refractivity contribution in [1.29, 1.82) is 0 Å². The third-order valence-electron chi connectivity index (χ3n) is 1.92. The van der Waals surface area contributed by atoms with Gasteiger partial charge in [-0.1, -0.05) is 36.4 Å². The lowest BCUT2D eigenvalue weighted by atomic mass is 10.1. The summed E-state index contributed by atoms with van der Waals surface area (Å²) in [4.78, 5) is 0. The van der Waals surface area contributed by atoms with E-state index in [1.54, 1.807) is 12.1 Å². The van der Waals surface area contributed by atoms with Crippen molar-refractivity contribution in [1.82, 2.24) is 0 Å². The average molecular weight is 169 g/mol. The molecule has 0 aromatic heterocycles. The molecule has 0 heterocycles. The first-order valence-electron chi connectivity index (χ1n) is 4.12. The first-order chi connectivity index (χ1) is 6.36. The van der Waals surface area contributed by atoms with Crippen LogP contribution in [0.15, 0.2) is 48.5 Å². The molecule has 1 nitrogen and oxygen atoms in total. The first-order valence-corrected chi connectivity index (χ1v) is 4.12. The van der Waals surface area contributed by atoms with E-state index >= 15 is 0 Å². The van der Waals surface area contributed by atoms with Gasteiger partial charge in [0, 0.05) is 0 Å². The van der Waals surface area contributed by atoms with Gasteiger partial charge in [-0.3, -0.25) is 0 Å². The van der Waals surface area contributed by atoms with Crippen molar-refractivity contribution in [3.05, 3.63) is 54.6 Å². The molecule has 63 valence electrons. The molecule has 0 bridgehead atoms. The van der Waals surface area contributed by atoms with Crippen LogP contribution in [0.25, 0.3) is 11.1 Å². The Balaban J connectivity index is 2.42. The van der Waals surface area contributed by atoms with E-state index in [0.29, 0.717) is 5.75 Å². The van der Waals surface area contributed by atoms with Gasteiger partial charge in [-0.25, -0.2) is 0 Å². The van der Waals surface area contributed by atoms with Crippen molar-refractivity contribution in [2.75, 3.05) is 0 Å². The monoisotopic (exact) mass is 169 g/mol. The largest absolute Gasteiger partial charge is 0.508 e. The number of benzene rings is 2. The molecular formula is C12H9O. The molecule has 13 heavy (non-hydrogen) atoms. The average Bonchev–Trinajstić information content (AvgIpc) is 2.20. The van der Waals surface area contributed by atoms with Gasteiger partial charge in [0.15, 0.2) is 0 Å². The smallest absolute Gasteiger partial charge is 0.115 e. The van der Waals surface area contributed by atoms with E-state index in [2.05, 4.69) is 6.07 Å². The van der Waals surface area contributed by atoms with E-state index in [0.717, 1.165) is 11.1 Å². The zero-order chi connectivity index (χ0) is 9.10. The van der Waals surface area contributed by atoms with Gasteiger partial charge in [-0.15, -0.1) is 0 Å². The Morgan fingerprint density at radius 1 is 0.769 bits per heavy atom. The summed E-state index contributed by atoms with van der Waals surface area (Å²) in [6, 6.07) is 17.9. The minimum absolute atomic E-state index is 0.297. The van der Waals surface area contributed by atoms with Crippen LogP contribution in [0.5, 0.6) is 5.75 Å². The summed E-state index contributed by atoms with van der Waals surface area (Å²) >= 11 is 0. The third-order valence-corrected chi connectivity index (χ3v) is 1.92. The molecule has 2 rings (SSSR count). The molecule has 0 saturated heterocycles. The maximum Gasteiger partial charge on any atom is 0.115 e. The molecule has 1 radical (unpaired) electrons. The third kappa shape index (κ3) is 1.70. The Kier molecular flexibility index (Phi) is 2.01. The lowest BCUT2D eigenvalue weighted by molar-refractivity contribution is 0.475. The molecule has 0 spiro atoms. The fraction of sp³-hybridized carbons (Fsp3) is 0. The van der Waals surface area contributed by atoms with Crippen LogP contribution in [-0.2, 0) is 0 Å². The van der Waals surface area contributed by atoms with Crippen LogP contribution in [-0.4, -0.2) is 5.11 Å². The Morgan fingerprint density at radius 3 is 1.92 bits per heavy atom. The zero-order valence-electron chi connectivity index (χ0n) is 7.07. The molecule has 0 fully saturated rings. The van der Waals surface area contributed by atoms with E-state index in [-0.39, 0.29) is 0 Å².